The first kappa shape index (κ1) is 19.5. The third-order valence-corrected chi connectivity index (χ3v) is 5.11. The van der Waals surface area contributed by atoms with Gasteiger partial charge in [0.25, 0.3) is 0 Å². The Balaban J connectivity index is 1.74. The van der Waals surface area contributed by atoms with E-state index in [1.165, 1.54) is 12.5 Å². The molecule has 5 heteroatoms. The largest absolute Gasteiger partial charge is 0.416 e. The van der Waals surface area contributed by atoms with Crippen molar-refractivity contribution in [1.29, 1.82) is 0 Å². The first-order chi connectivity index (χ1) is 12.8. The van der Waals surface area contributed by atoms with Crippen molar-refractivity contribution in [3.05, 3.63) is 59.2 Å². The van der Waals surface area contributed by atoms with Crippen LogP contribution in [0.25, 0.3) is 11.1 Å². The molecule has 2 aromatic rings. The molecule has 0 heterocycles. The number of nitrogens with one attached hydrogen (secondary N) is 1. The molecular formula is C22H24F3NO. The summed E-state index contributed by atoms with van der Waals surface area (Å²) >= 11 is 0. The van der Waals surface area contributed by atoms with E-state index in [9.17, 15) is 18.0 Å². The molecule has 0 spiro atoms. The van der Waals surface area contributed by atoms with Crippen LogP contribution in [0.5, 0.6) is 0 Å². The monoisotopic (exact) mass is 375 g/mol. The lowest BCUT2D eigenvalue weighted by Gasteiger charge is -2.20. The van der Waals surface area contributed by atoms with Gasteiger partial charge in [-0.15, -0.1) is 0 Å². The molecule has 0 saturated heterocycles. The van der Waals surface area contributed by atoms with E-state index in [1.807, 2.05) is 18.2 Å². The molecule has 1 saturated carbocycles. The van der Waals surface area contributed by atoms with Crippen LogP contribution in [0.15, 0.2) is 42.5 Å². The minimum absolute atomic E-state index is 0.0787. The molecule has 1 N–H and O–H groups in total. The van der Waals surface area contributed by atoms with Crippen molar-refractivity contribution in [3.63, 3.8) is 0 Å². The zero-order valence-corrected chi connectivity index (χ0v) is 15.4. The number of amides is 1. The van der Waals surface area contributed by atoms with Crippen LogP contribution < -0.4 is 5.32 Å². The second-order valence-electron chi connectivity index (χ2n) is 7.34. The fraction of sp³-hybridized carbons (Fsp3) is 0.409. The number of benzene rings is 2. The van der Waals surface area contributed by atoms with Crippen molar-refractivity contribution < 1.29 is 18.0 Å². The second kappa shape index (κ2) is 8.15. The standard InChI is InChI=1S/C22H24F3NO/c1-15-10-19(13-20(11-15)22(23,24)25)18-9-5-6-16(12-18)14-26-21(27)17-7-3-2-4-8-17/h5-6,9-13,17H,2-4,7-8,14H2,1H3,(H,26,27). The first-order valence-electron chi connectivity index (χ1n) is 9.39. The molecule has 2 aromatic carbocycles. The minimum atomic E-state index is -4.37. The van der Waals surface area contributed by atoms with Gasteiger partial charge >= 0.3 is 6.18 Å². The van der Waals surface area contributed by atoms with Crippen molar-refractivity contribution >= 4 is 5.91 Å². The molecule has 0 atom stereocenters. The van der Waals surface area contributed by atoms with Gasteiger partial charge in [0.2, 0.25) is 5.91 Å². The van der Waals surface area contributed by atoms with E-state index in [1.54, 1.807) is 19.1 Å². The summed E-state index contributed by atoms with van der Waals surface area (Å²) in [5, 5.41) is 2.98. The van der Waals surface area contributed by atoms with Gasteiger partial charge < -0.3 is 5.32 Å². The minimum Gasteiger partial charge on any atom is -0.352 e. The van der Waals surface area contributed by atoms with Gasteiger partial charge in [-0.05, 0) is 60.2 Å². The smallest absolute Gasteiger partial charge is 0.352 e. The zero-order chi connectivity index (χ0) is 19.4. The summed E-state index contributed by atoms with van der Waals surface area (Å²) in [5.41, 5.74) is 2.05. The lowest BCUT2D eigenvalue weighted by atomic mass is 9.88. The van der Waals surface area contributed by atoms with Crippen LogP contribution >= 0.6 is 0 Å². The van der Waals surface area contributed by atoms with Crippen molar-refractivity contribution in [2.75, 3.05) is 0 Å². The first-order valence-corrected chi connectivity index (χ1v) is 9.39. The van der Waals surface area contributed by atoms with Gasteiger partial charge in [0.1, 0.15) is 0 Å². The summed E-state index contributed by atoms with van der Waals surface area (Å²) < 4.78 is 39.2. The molecule has 144 valence electrons. The van der Waals surface area contributed by atoms with Crippen molar-refractivity contribution in [1.82, 2.24) is 5.32 Å². The third-order valence-electron chi connectivity index (χ3n) is 5.11. The van der Waals surface area contributed by atoms with Gasteiger partial charge in [0.15, 0.2) is 0 Å². The van der Waals surface area contributed by atoms with Crippen molar-refractivity contribution in [2.24, 2.45) is 5.92 Å². The Bertz CT molecular complexity index is 807. The van der Waals surface area contributed by atoms with E-state index < -0.39 is 11.7 Å². The third kappa shape index (κ3) is 5.12. The molecule has 0 aliphatic heterocycles. The van der Waals surface area contributed by atoms with E-state index in [-0.39, 0.29) is 11.8 Å². The molecule has 1 aliphatic carbocycles. The number of hydrogen-bond donors (Lipinski definition) is 1. The van der Waals surface area contributed by atoms with Crippen LogP contribution in [0.3, 0.4) is 0 Å². The Morgan fingerprint density at radius 1 is 1.04 bits per heavy atom. The predicted octanol–water partition coefficient (Wildman–Crippen LogP) is 5.88. The molecule has 2 nitrogen and oxygen atoms in total. The van der Waals surface area contributed by atoms with Gasteiger partial charge in [-0.3, -0.25) is 4.79 Å². The topological polar surface area (TPSA) is 29.1 Å². The molecule has 1 fully saturated rings. The lowest BCUT2D eigenvalue weighted by Crippen LogP contribution is -2.31. The fourth-order valence-corrected chi connectivity index (χ4v) is 3.67. The summed E-state index contributed by atoms with van der Waals surface area (Å²) in [6.45, 7) is 2.05. The SMILES string of the molecule is Cc1cc(-c2cccc(CNC(=O)C3CCCCC3)c2)cc(C(F)(F)F)c1. The van der Waals surface area contributed by atoms with Crippen molar-refractivity contribution in [3.8, 4) is 11.1 Å². The van der Waals surface area contributed by atoms with Crippen LogP contribution in [0.1, 0.15) is 48.8 Å². The van der Waals surface area contributed by atoms with Gasteiger partial charge in [-0.2, -0.15) is 13.2 Å². The van der Waals surface area contributed by atoms with E-state index in [0.717, 1.165) is 37.3 Å². The average Bonchev–Trinajstić information content (AvgIpc) is 2.66. The van der Waals surface area contributed by atoms with Crippen LogP contribution in [0.2, 0.25) is 0 Å². The van der Waals surface area contributed by atoms with Gasteiger partial charge in [-0.1, -0.05) is 43.5 Å². The highest BCUT2D eigenvalue weighted by Crippen LogP contribution is 2.33. The summed E-state index contributed by atoms with van der Waals surface area (Å²) in [6, 6.07) is 11.4. The Kier molecular flexibility index (Phi) is 5.88. The molecule has 27 heavy (non-hydrogen) atoms. The number of hydrogen-bond acceptors (Lipinski definition) is 1. The van der Waals surface area contributed by atoms with E-state index in [0.29, 0.717) is 23.2 Å². The van der Waals surface area contributed by atoms with Crippen LogP contribution in [0.4, 0.5) is 13.2 Å². The lowest BCUT2D eigenvalue weighted by molar-refractivity contribution is -0.137. The average molecular weight is 375 g/mol. The molecule has 0 bridgehead atoms. The van der Waals surface area contributed by atoms with Gasteiger partial charge in [-0.25, -0.2) is 0 Å². The quantitative estimate of drug-likeness (QED) is 0.711. The molecule has 0 unspecified atom stereocenters. The maximum Gasteiger partial charge on any atom is 0.416 e. The van der Waals surface area contributed by atoms with Crippen molar-refractivity contribution in [2.45, 2.75) is 51.7 Å². The number of aryl methyl sites for hydroxylation is 1. The second-order valence-corrected chi connectivity index (χ2v) is 7.34. The molecule has 0 radical (unpaired) electrons. The Hall–Kier alpha value is -2.30. The maximum atomic E-state index is 13.1. The predicted molar refractivity (Wildman–Crippen MR) is 100 cm³/mol. The summed E-state index contributed by atoms with van der Waals surface area (Å²) in [5.74, 6) is 0.170. The highest BCUT2D eigenvalue weighted by atomic mass is 19.4. The Labute approximate surface area is 157 Å². The Morgan fingerprint density at radius 3 is 2.48 bits per heavy atom. The van der Waals surface area contributed by atoms with E-state index in [4.69, 9.17) is 0 Å². The molecule has 1 aliphatic rings. The highest BCUT2D eigenvalue weighted by molar-refractivity contribution is 5.78. The summed E-state index contributed by atoms with van der Waals surface area (Å²) in [7, 11) is 0. The summed E-state index contributed by atoms with van der Waals surface area (Å²) in [6.07, 6.45) is 0.907. The summed E-state index contributed by atoms with van der Waals surface area (Å²) in [4.78, 5) is 12.3. The molecule has 3 rings (SSSR count). The molecule has 0 aromatic heterocycles. The maximum absolute atomic E-state index is 13.1. The zero-order valence-electron chi connectivity index (χ0n) is 15.4. The Morgan fingerprint density at radius 2 is 1.78 bits per heavy atom. The number of alkyl halides is 3. The molecular weight excluding hydrogens is 351 g/mol. The normalized spacial score (nSPS) is 15.6. The van der Waals surface area contributed by atoms with E-state index >= 15 is 0 Å². The van der Waals surface area contributed by atoms with Gasteiger partial charge in [0.05, 0.1) is 5.56 Å². The van der Waals surface area contributed by atoms with E-state index in [2.05, 4.69) is 5.32 Å². The van der Waals surface area contributed by atoms with Gasteiger partial charge in [0, 0.05) is 12.5 Å². The van der Waals surface area contributed by atoms with Crippen LogP contribution in [-0.2, 0) is 17.5 Å². The number of carbonyl (C=O) groups excluding carboxylic acids is 1. The number of halogens is 3. The van der Waals surface area contributed by atoms with Crippen LogP contribution in [0, 0.1) is 12.8 Å². The fourth-order valence-electron chi connectivity index (χ4n) is 3.67. The molecule has 1 amide bonds. The van der Waals surface area contributed by atoms with Crippen LogP contribution in [-0.4, -0.2) is 5.91 Å². The number of rotatable bonds is 4. The number of carbonyl (C=O) groups is 1. The highest BCUT2D eigenvalue weighted by Gasteiger charge is 2.31.